The van der Waals surface area contributed by atoms with Crippen molar-refractivity contribution in [1.82, 2.24) is 0 Å². The van der Waals surface area contributed by atoms with Crippen LogP contribution >= 0.6 is 0 Å². The molecule has 0 heterocycles. The summed E-state index contributed by atoms with van der Waals surface area (Å²) < 4.78 is 37.0. The molecule has 1 fully saturated rings. The molecule has 0 unspecified atom stereocenters. The summed E-state index contributed by atoms with van der Waals surface area (Å²) in [4.78, 5) is 12.1. The van der Waals surface area contributed by atoms with Crippen molar-refractivity contribution in [2.45, 2.75) is 43.8 Å². The lowest BCUT2D eigenvalue weighted by molar-refractivity contribution is -0.127. The molecule has 0 radical (unpaired) electrons. The van der Waals surface area contributed by atoms with Gasteiger partial charge in [-0.25, -0.2) is 0 Å². The van der Waals surface area contributed by atoms with E-state index < -0.39 is 18.1 Å². The highest BCUT2D eigenvalue weighted by atomic mass is 19.4. The second kappa shape index (κ2) is 5.44. The van der Waals surface area contributed by atoms with Crippen molar-refractivity contribution in [3.8, 4) is 0 Å². The first kappa shape index (κ1) is 14.8. The molecule has 0 aliphatic heterocycles. The lowest BCUT2D eigenvalue weighted by Crippen LogP contribution is -2.48. The summed E-state index contributed by atoms with van der Waals surface area (Å²) in [5.41, 5.74) is 5.58. The molecule has 2 rings (SSSR count). The van der Waals surface area contributed by atoms with Crippen molar-refractivity contribution in [3.05, 3.63) is 29.8 Å². The van der Waals surface area contributed by atoms with Crippen molar-refractivity contribution < 1.29 is 18.0 Å². The molecule has 1 aromatic rings. The molecule has 1 aromatic carbocycles. The Balaban J connectivity index is 2.06. The number of alkyl halides is 3. The quantitative estimate of drug-likeness (QED) is 0.897. The zero-order valence-electron chi connectivity index (χ0n) is 11.0. The number of rotatable bonds is 3. The molecular weight excluding hydrogens is 269 g/mol. The standard InChI is InChI=1S/C14H17F3N2O/c15-14(16,17)9-10-4-3-5-11(8-10)19-12(20)13(18)6-1-2-7-13/h3-5,8H,1-2,6-7,9,18H2,(H,19,20). The molecule has 1 aliphatic rings. The first-order valence-electron chi connectivity index (χ1n) is 6.55. The zero-order valence-corrected chi connectivity index (χ0v) is 11.0. The number of anilines is 1. The van der Waals surface area contributed by atoms with Gasteiger partial charge in [-0.1, -0.05) is 25.0 Å². The van der Waals surface area contributed by atoms with Crippen LogP contribution < -0.4 is 11.1 Å². The summed E-state index contributed by atoms with van der Waals surface area (Å²) in [5.74, 6) is -0.320. The van der Waals surface area contributed by atoms with Crippen LogP contribution in [0.15, 0.2) is 24.3 Å². The molecule has 1 saturated carbocycles. The van der Waals surface area contributed by atoms with Gasteiger partial charge in [0.1, 0.15) is 0 Å². The number of hydrogen-bond acceptors (Lipinski definition) is 2. The maximum absolute atomic E-state index is 12.3. The maximum atomic E-state index is 12.3. The maximum Gasteiger partial charge on any atom is 0.393 e. The largest absolute Gasteiger partial charge is 0.393 e. The summed E-state index contributed by atoms with van der Waals surface area (Å²) >= 11 is 0. The Morgan fingerprint density at radius 2 is 1.95 bits per heavy atom. The minimum Gasteiger partial charge on any atom is -0.324 e. The van der Waals surface area contributed by atoms with E-state index in [-0.39, 0.29) is 11.5 Å². The molecule has 0 saturated heterocycles. The number of nitrogens with two attached hydrogens (primary N) is 1. The number of amides is 1. The molecule has 0 aromatic heterocycles. The van der Waals surface area contributed by atoms with Crippen LogP contribution in [-0.4, -0.2) is 17.6 Å². The third-order valence-electron chi connectivity index (χ3n) is 3.54. The van der Waals surface area contributed by atoms with E-state index in [2.05, 4.69) is 5.32 Å². The second-order valence-electron chi connectivity index (χ2n) is 5.31. The summed E-state index contributed by atoms with van der Waals surface area (Å²) in [6, 6.07) is 5.78. The van der Waals surface area contributed by atoms with Gasteiger partial charge in [0.05, 0.1) is 12.0 Å². The van der Waals surface area contributed by atoms with Crippen LogP contribution in [0.4, 0.5) is 18.9 Å². The van der Waals surface area contributed by atoms with Gasteiger partial charge in [-0.2, -0.15) is 13.2 Å². The SMILES string of the molecule is NC1(C(=O)Nc2cccc(CC(F)(F)F)c2)CCCC1. The summed E-state index contributed by atoms with van der Waals surface area (Å²) in [5, 5.41) is 2.62. The molecule has 3 N–H and O–H groups in total. The Morgan fingerprint density at radius 1 is 1.30 bits per heavy atom. The molecule has 20 heavy (non-hydrogen) atoms. The van der Waals surface area contributed by atoms with Gasteiger partial charge in [0.25, 0.3) is 0 Å². The van der Waals surface area contributed by atoms with Crippen LogP contribution in [0.3, 0.4) is 0 Å². The average Bonchev–Trinajstić information content (AvgIpc) is 2.76. The Kier molecular flexibility index (Phi) is 4.04. The predicted molar refractivity (Wildman–Crippen MR) is 70.2 cm³/mol. The predicted octanol–water partition coefficient (Wildman–Crippen LogP) is 3.00. The van der Waals surface area contributed by atoms with E-state index in [1.165, 1.54) is 18.2 Å². The van der Waals surface area contributed by atoms with Crippen LogP contribution in [0.2, 0.25) is 0 Å². The van der Waals surface area contributed by atoms with Crippen LogP contribution in [0, 0.1) is 0 Å². The molecule has 0 bridgehead atoms. The first-order valence-corrected chi connectivity index (χ1v) is 6.55. The lowest BCUT2D eigenvalue weighted by Gasteiger charge is -2.22. The van der Waals surface area contributed by atoms with Gasteiger partial charge in [0.2, 0.25) is 5.91 Å². The molecule has 110 valence electrons. The van der Waals surface area contributed by atoms with Gasteiger partial charge in [-0.05, 0) is 30.5 Å². The van der Waals surface area contributed by atoms with E-state index >= 15 is 0 Å². The van der Waals surface area contributed by atoms with Crippen molar-refractivity contribution in [2.24, 2.45) is 5.73 Å². The van der Waals surface area contributed by atoms with Gasteiger partial charge in [-0.3, -0.25) is 4.79 Å². The number of carbonyl (C=O) groups is 1. The minimum atomic E-state index is -4.26. The molecule has 3 nitrogen and oxygen atoms in total. The van der Waals surface area contributed by atoms with Crippen LogP contribution in [0.25, 0.3) is 0 Å². The Hall–Kier alpha value is -1.56. The van der Waals surface area contributed by atoms with E-state index in [0.29, 0.717) is 18.5 Å². The molecular formula is C14H17F3N2O. The average molecular weight is 286 g/mol. The lowest BCUT2D eigenvalue weighted by atomic mass is 9.98. The van der Waals surface area contributed by atoms with Crippen molar-refractivity contribution in [3.63, 3.8) is 0 Å². The topological polar surface area (TPSA) is 55.1 Å². The number of benzene rings is 1. The van der Waals surface area contributed by atoms with Gasteiger partial charge < -0.3 is 11.1 Å². The summed E-state index contributed by atoms with van der Waals surface area (Å²) in [7, 11) is 0. The van der Waals surface area contributed by atoms with Crippen LogP contribution in [0.5, 0.6) is 0 Å². The van der Waals surface area contributed by atoms with E-state index in [1.54, 1.807) is 6.07 Å². The Labute approximate surface area is 115 Å². The number of halogens is 3. The van der Waals surface area contributed by atoms with Crippen molar-refractivity contribution in [1.29, 1.82) is 0 Å². The fraction of sp³-hybridized carbons (Fsp3) is 0.500. The normalized spacial score (nSPS) is 18.0. The fourth-order valence-electron chi connectivity index (χ4n) is 2.48. The third-order valence-corrected chi connectivity index (χ3v) is 3.54. The highest BCUT2D eigenvalue weighted by molar-refractivity contribution is 5.98. The molecule has 0 spiro atoms. The molecule has 0 atom stereocenters. The Morgan fingerprint density at radius 3 is 2.55 bits per heavy atom. The molecule has 1 amide bonds. The second-order valence-corrected chi connectivity index (χ2v) is 5.31. The monoisotopic (exact) mass is 286 g/mol. The number of nitrogens with one attached hydrogen (secondary N) is 1. The van der Waals surface area contributed by atoms with E-state index in [4.69, 9.17) is 5.73 Å². The van der Waals surface area contributed by atoms with Crippen molar-refractivity contribution in [2.75, 3.05) is 5.32 Å². The van der Waals surface area contributed by atoms with E-state index in [0.717, 1.165) is 12.8 Å². The van der Waals surface area contributed by atoms with E-state index in [9.17, 15) is 18.0 Å². The highest BCUT2D eigenvalue weighted by Crippen LogP contribution is 2.29. The molecule has 1 aliphatic carbocycles. The number of hydrogen-bond donors (Lipinski definition) is 2. The van der Waals surface area contributed by atoms with Gasteiger partial charge in [-0.15, -0.1) is 0 Å². The van der Waals surface area contributed by atoms with Gasteiger partial charge in [0.15, 0.2) is 0 Å². The highest BCUT2D eigenvalue weighted by Gasteiger charge is 2.37. The smallest absolute Gasteiger partial charge is 0.324 e. The first-order chi connectivity index (χ1) is 9.28. The number of carbonyl (C=O) groups excluding carboxylic acids is 1. The molecule has 6 heteroatoms. The van der Waals surface area contributed by atoms with Crippen LogP contribution in [-0.2, 0) is 11.2 Å². The van der Waals surface area contributed by atoms with E-state index in [1.807, 2.05) is 0 Å². The van der Waals surface area contributed by atoms with Crippen LogP contribution in [0.1, 0.15) is 31.2 Å². The Bertz CT molecular complexity index is 493. The van der Waals surface area contributed by atoms with Gasteiger partial charge >= 0.3 is 6.18 Å². The van der Waals surface area contributed by atoms with Gasteiger partial charge in [0, 0.05) is 5.69 Å². The fourth-order valence-corrected chi connectivity index (χ4v) is 2.48. The minimum absolute atomic E-state index is 0.118. The summed E-state index contributed by atoms with van der Waals surface area (Å²) in [6.45, 7) is 0. The van der Waals surface area contributed by atoms with Crippen molar-refractivity contribution >= 4 is 11.6 Å². The summed E-state index contributed by atoms with van der Waals surface area (Å²) in [6.07, 6.45) is -2.24. The zero-order chi connectivity index (χ0) is 14.8. The third kappa shape index (κ3) is 3.72.